The van der Waals surface area contributed by atoms with Crippen LogP contribution in [-0.4, -0.2) is 10.8 Å². The topological polar surface area (TPSA) is 30.0 Å². The number of hydrogen-bond acceptors (Lipinski definition) is 3. The SMILES string of the molecule is Cc1cc(C)c(CC(=O)c2nc3ccccc3s2)c(C)c1. The average Bonchev–Trinajstić information content (AvgIpc) is 2.86. The van der Waals surface area contributed by atoms with Gasteiger partial charge in [-0.1, -0.05) is 29.8 Å². The molecule has 0 spiro atoms. The molecule has 21 heavy (non-hydrogen) atoms. The van der Waals surface area contributed by atoms with Crippen molar-refractivity contribution >= 4 is 27.3 Å². The van der Waals surface area contributed by atoms with Crippen molar-refractivity contribution in [1.82, 2.24) is 4.98 Å². The molecule has 3 aromatic rings. The molecule has 0 aliphatic carbocycles. The summed E-state index contributed by atoms with van der Waals surface area (Å²) in [6, 6.07) is 12.1. The number of fused-ring (bicyclic) bond motifs is 1. The Morgan fingerprint density at radius 1 is 1.10 bits per heavy atom. The predicted molar refractivity (Wildman–Crippen MR) is 88.3 cm³/mol. The van der Waals surface area contributed by atoms with Crippen LogP contribution in [0.3, 0.4) is 0 Å². The summed E-state index contributed by atoms with van der Waals surface area (Å²) < 4.78 is 1.07. The second kappa shape index (κ2) is 5.41. The average molecular weight is 295 g/mol. The molecular formula is C18H17NOS. The Hall–Kier alpha value is -2.00. The van der Waals surface area contributed by atoms with Gasteiger partial charge in [-0.15, -0.1) is 11.3 Å². The van der Waals surface area contributed by atoms with Crippen molar-refractivity contribution in [3.05, 3.63) is 63.7 Å². The first-order valence-corrected chi connectivity index (χ1v) is 7.82. The zero-order valence-corrected chi connectivity index (χ0v) is 13.3. The molecule has 0 aliphatic rings. The van der Waals surface area contributed by atoms with E-state index in [2.05, 4.69) is 37.9 Å². The highest BCUT2D eigenvalue weighted by molar-refractivity contribution is 7.20. The van der Waals surface area contributed by atoms with Crippen LogP contribution < -0.4 is 0 Å². The van der Waals surface area contributed by atoms with Crippen molar-refractivity contribution in [3.63, 3.8) is 0 Å². The summed E-state index contributed by atoms with van der Waals surface area (Å²) in [6.07, 6.45) is 0.428. The van der Waals surface area contributed by atoms with E-state index in [1.54, 1.807) is 0 Å². The lowest BCUT2D eigenvalue weighted by Gasteiger charge is -2.09. The molecule has 106 valence electrons. The quantitative estimate of drug-likeness (QED) is 0.658. The van der Waals surface area contributed by atoms with Crippen molar-refractivity contribution in [2.75, 3.05) is 0 Å². The number of carbonyl (C=O) groups excluding carboxylic acids is 1. The van der Waals surface area contributed by atoms with Crippen LogP contribution in [0.2, 0.25) is 0 Å². The summed E-state index contributed by atoms with van der Waals surface area (Å²) in [7, 11) is 0. The second-order valence-electron chi connectivity index (χ2n) is 5.46. The molecule has 0 saturated carbocycles. The Morgan fingerprint density at radius 2 is 1.76 bits per heavy atom. The molecule has 0 aliphatic heterocycles. The summed E-state index contributed by atoms with van der Waals surface area (Å²) in [5, 5.41) is 0.607. The zero-order valence-electron chi connectivity index (χ0n) is 12.4. The number of Topliss-reactive ketones (excluding diaryl/α,β-unsaturated/α-hetero) is 1. The number of benzene rings is 2. The van der Waals surface area contributed by atoms with Gasteiger partial charge < -0.3 is 0 Å². The van der Waals surface area contributed by atoms with E-state index in [0.717, 1.165) is 15.8 Å². The lowest BCUT2D eigenvalue weighted by atomic mass is 9.96. The van der Waals surface area contributed by atoms with Gasteiger partial charge in [-0.25, -0.2) is 4.98 Å². The second-order valence-corrected chi connectivity index (χ2v) is 6.49. The highest BCUT2D eigenvalue weighted by atomic mass is 32.1. The van der Waals surface area contributed by atoms with E-state index in [1.807, 2.05) is 24.3 Å². The Morgan fingerprint density at radius 3 is 2.43 bits per heavy atom. The number of para-hydroxylation sites is 1. The highest BCUT2D eigenvalue weighted by Crippen LogP contribution is 2.24. The minimum Gasteiger partial charge on any atom is -0.291 e. The summed E-state index contributed by atoms with van der Waals surface area (Å²) >= 11 is 1.48. The van der Waals surface area contributed by atoms with Gasteiger partial charge in [-0.2, -0.15) is 0 Å². The van der Waals surface area contributed by atoms with E-state index < -0.39 is 0 Å². The number of thiazole rings is 1. The van der Waals surface area contributed by atoms with Crippen LogP contribution in [-0.2, 0) is 6.42 Å². The van der Waals surface area contributed by atoms with E-state index in [1.165, 1.54) is 28.0 Å². The van der Waals surface area contributed by atoms with E-state index in [-0.39, 0.29) is 5.78 Å². The van der Waals surface area contributed by atoms with Crippen LogP contribution in [0.15, 0.2) is 36.4 Å². The van der Waals surface area contributed by atoms with Gasteiger partial charge >= 0.3 is 0 Å². The van der Waals surface area contributed by atoms with Crippen LogP contribution in [0.4, 0.5) is 0 Å². The molecule has 0 amide bonds. The summed E-state index contributed by atoms with van der Waals surface area (Å²) in [4.78, 5) is 17.0. The Kier molecular flexibility index (Phi) is 3.60. The molecule has 1 heterocycles. The van der Waals surface area contributed by atoms with Gasteiger partial charge in [-0.3, -0.25) is 4.79 Å². The van der Waals surface area contributed by atoms with Gasteiger partial charge in [0.1, 0.15) is 0 Å². The Balaban J connectivity index is 1.93. The number of nitrogens with zero attached hydrogens (tertiary/aromatic N) is 1. The molecule has 3 rings (SSSR count). The maximum Gasteiger partial charge on any atom is 0.195 e. The minimum absolute atomic E-state index is 0.103. The molecule has 0 bridgehead atoms. The third kappa shape index (κ3) is 2.74. The smallest absolute Gasteiger partial charge is 0.195 e. The van der Waals surface area contributed by atoms with Gasteiger partial charge in [-0.05, 0) is 49.6 Å². The molecule has 0 N–H and O–H groups in total. The van der Waals surface area contributed by atoms with Crippen molar-refractivity contribution < 1.29 is 4.79 Å². The van der Waals surface area contributed by atoms with E-state index in [4.69, 9.17) is 0 Å². The van der Waals surface area contributed by atoms with Crippen LogP contribution in [0.1, 0.15) is 32.1 Å². The fourth-order valence-electron chi connectivity index (χ4n) is 2.72. The van der Waals surface area contributed by atoms with Crippen LogP contribution >= 0.6 is 11.3 Å². The number of hydrogen-bond donors (Lipinski definition) is 0. The molecule has 2 nitrogen and oxygen atoms in total. The molecule has 2 aromatic carbocycles. The first kappa shape index (κ1) is 14.0. The van der Waals surface area contributed by atoms with Crippen LogP contribution in [0, 0.1) is 20.8 Å². The van der Waals surface area contributed by atoms with Gasteiger partial charge in [0.2, 0.25) is 0 Å². The molecule has 0 atom stereocenters. The van der Waals surface area contributed by atoms with E-state index in [9.17, 15) is 4.79 Å². The molecule has 1 aromatic heterocycles. The fraction of sp³-hybridized carbons (Fsp3) is 0.222. The summed E-state index contributed by atoms with van der Waals surface area (Å²) in [5.41, 5.74) is 5.64. The highest BCUT2D eigenvalue weighted by Gasteiger charge is 2.15. The first-order valence-electron chi connectivity index (χ1n) is 7.00. The van der Waals surface area contributed by atoms with Crippen LogP contribution in [0.25, 0.3) is 10.2 Å². The number of rotatable bonds is 3. The summed E-state index contributed by atoms with van der Waals surface area (Å²) in [6.45, 7) is 6.22. The monoisotopic (exact) mass is 295 g/mol. The fourth-order valence-corrected chi connectivity index (χ4v) is 3.62. The van der Waals surface area contributed by atoms with Gasteiger partial charge in [0.25, 0.3) is 0 Å². The van der Waals surface area contributed by atoms with Crippen molar-refractivity contribution in [2.24, 2.45) is 0 Å². The normalized spacial score (nSPS) is 11.0. The molecule has 0 saturated heterocycles. The predicted octanol–water partition coefficient (Wildman–Crippen LogP) is 4.65. The maximum atomic E-state index is 12.5. The standard InChI is InChI=1S/C18H17NOS/c1-11-8-12(2)14(13(3)9-11)10-16(20)18-19-15-6-4-5-7-17(15)21-18/h4-9H,10H2,1-3H3. The minimum atomic E-state index is 0.103. The third-order valence-electron chi connectivity index (χ3n) is 3.71. The number of aromatic nitrogens is 1. The van der Waals surface area contributed by atoms with Gasteiger partial charge in [0.15, 0.2) is 10.8 Å². The zero-order chi connectivity index (χ0) is 15.0. The Labute approximate surface area is 128 Å². The molecule has 0 fully saturated rings. The molecule has 0 radical (unpaired) electrons. The number of ketones is 1. The van der Waals surface area contributed by atoms with Crippen molar-refractivity contribution in [2.45, 2.75) is 27.2 Å². The molecule has 0 unspecified atom stereocenters. The lowest BCUT2D eigenvalue weighted by Crippen LogP contribution is -2.06. The largest absolute Gasteiger partial charge is 0.291 e. The lowest BCUT2D eigenvalue weighted by molar-refractivity contribution is 0.0992. The van der Waals surface area contributed by atoms with Crippen LogP contribution in [0.5, 0.6) is 0 Å². The number of carbonyl (C=O) groups is 1. The molecule has 3 heteroatoms. The third-order valence-corrected chi connectivity index (χ3v) is 4.79. The van der Waals surface area contributed by atoms with E-state index in [0.29, 0.717) is 11.4 Å². The first-order chi connectivity index (χ1) is 10.0. The maximum absolute atomic E-state index is 12.5. The molecular weight excluding hydrogens is 278 g/mol. The van der Waals surface area contributed by atoms with E-state index >= 15 is 0 Å². The number of aryl methyl sites for hydroxylation is 3. The summed E-state index contributed by atoms with van der Waals surface area (Å²) in [5.74, 6) is 0.103. The van der Waals surface area contributed by atoms with Gasteiger partial charge in [0, 0.05) is 6.42 Å². The van der Waals surface area contributed by atoms with Crippen molar-refractivity contribution in [1.29, 1.82) is 0 Å². The Bertz CT molecular complexity index is 776. The van der Waals surface area contributed by atoms with Crippen molar-refractivity contribution in [3.8, 4) is 0 Å². The van der Waals surface area contributed by atoms with Gasteiger partial charge in [0.05, 0.1) is 10.2 Å².